The number of carbonyl (C=O) groups is 2. The zero-order valence-electron chi connectivity index (χ0n) is 13.1. The Kier molecular flexibility index (Phi) is 6.49. The van der Waals surface area contributed by atoms with Crippen molar-refractivity contribution in [3.8, 4) is 0 Å². The highest BCUT2D eigenvalue weighted by atomic mass is 19.1. The third kappa shape index (κ3) is 6.22. The molecule has 3 N–H and O–H groups in total. The molecule has 6 heteroatoms. The number of nitrogens with one attached hydrogen (secondary N) is 2. The molecule has 1 rings (SSSR count). The van der Waals surface area contributed by atoms with Gasteiger partial charge in [-0.05, 0) is 37.8 Å². The minimum absolute atomic E-state index is 0.0384. The van der Waals surface area contributed by atoms with E-state index in [1.165, 1.54) is 18.2 Å². The van der Waals surface area contributed by atoms with Gasteiger partial charge in [-0.3, -0.25) is 9.59 Å². The Balaban J connectivity index is 2.48. The van der Waals surface area contributed by atoms with E-state index < -0.39 is 23.2 Å². The number of benzene rings is 1. The number of aliphatic hydroxyl groups is 1. The molecule has 0 heterocycles. The lowest BCUT2D eigenvalue weighted by atomic mass is 9.95. The first-order valence-corrected chi connectivity index (χ1v) is 7.27. The molecule has 0 aromatic heterocycles. The lowest BCUT2D eigenvalue weighted by molar-refractivity contribution is -0.136. The van der Waals surface area contributed by atoms with Crippen molar-refractivity contribution in [3.63, 3.8) is 0 Å². The van der Waals surface area contributed by atoms with E-state index in [0.29, 0.717) is 12.3 Å². The molecule has 0 saturated carbocycles. The van der Waals surface area contributed by atoms with Gasteiger partial charge in [-0.15, -0.1) is 0 Å². The third-order valence-electron chi connectivity index (χ3n) is 3.22. The van der Waals surface area contributed by atoms with Gasteiger partial charge in [0.15, 0.2) is 0 Å². The van der Waals surface area contributed by atoms with Crippen LogP contribution in [0, 0.1) is 11.7 Å². The van der Waals surface area contributed by atoms with Crippen LogP contribution in [0.4, 0.5) is 10.1 Å². The summed E-state index contributed by atoms with van der Waals surface area (Å²) in [4.78, 5) is 23.4. The number of hydrogen-bond donors (Lipinski definition) is 3. The summed E-state index contributed by atoms with van der Waals surface area (Å²) in [5.41, 5.74) is -1.15. The molecule has 0 aliphatic rings. The molecule has 0 aliphatic heterocycles. The van der Waals surface area contributed by atoms with Crippen molar-refractivity contribution in [2.24, 2.45) is 5.92 Å². The molecule has 0 saturated heterocycles. The van der Waals surface area contributed by atoms with E-state index in [0.717, 1.165) is 6.42 Å². The number of amides is 2. The van der Waals surface area contributed by atoms with E-state index in [9.17, 15) is 19.1 Å². The minimum atomic E-state index is -1.09. The number of anilines is 1. The van der Waals surface area contributed by atoms with Gasteiger partial charge in [0.25, 0.3) is 0 Å². The smallest absolute Gasteiger partial charge is 0.313 e. The predicted molar refractivity (Wildman–Crippen MR) is 82.7 cm³/mol. The topological polar surface area (TPSA) is 78.4 Å². The molecule has 122 valence electrons. The molecular formula is C16H23FN2O3. The fraction of sp³-hybridized carbons (Fsp3) is 0.500. The van der Waals surface area contributed by atoms with E-state index in [4.69, 9.17) is 0 Å². The molecule has 22 heavy (non-hydrogen) atoms. The maximum atomic E-state index is 13.4. The van der Waals surface area contributed by atoms with Crippen molar-refractivity contribution >= 4 is 17.5 Å². The normalized spacial score (nSPS) is 13.5. The van der Waals surface area contributed by atoms with Gasteiger partial charge in [0, 0.05) is 6.54 Å². The highest BCUT2D eigenvalue weighted by Crippen LogP contribution is 2.15. The SMILES string of the molecule is CC(C)CC[C@](C)(O)CNC(=O)C(=O)Nc1ccccc1F. The zero-order chi connectivity index (χ0) is 16.8. The lowest BCUT2D eigenvalue weighted by Crippen LogP contribution is -2.44. The summed E-state index contributed by atoms with van der Waals surface area (Å²) in [6, 6.07) is 5.58. The molecule has 0 bridgehead atoms. The van der Waals surface area contributed by atoms with Crippen LogP contribution in [-0.2, 0) is 9.59 Å². The first kappa shape index (κ1) is 18.1. The van der Waals surface area contributed by atoms with Crippen molar-refractivity contribution < 1.29 is 19.1 Å². The molecule has 0 aliphatic carbocycles. The maximum Gasteiger partial charge on any atom is 0.313 e. The van der Waals surface area contributed by atoms with Crippen molar-refractivity contribution in [1.29, 1.82) is 0 Å². The molecule has 0 radical (unpaired) electrons. The largest absolute Gasteiger partial charge is 0.388 e. The molecule has 1 aromatic rings. The Bertz CT molecular complexity index is 530. The average Bonchev–Trinajstić information content (AvgIpc) is 2.45. The van der Waals surface area contributed by atoms with Crippen molar-refractivity contribution in [2.75, 3.05) is 11.9 Å². The van der Waals surface area contributed by atoms with E-state index in [1.807, 2.05) is 13.8 Å². The Morgan fingerprint density at radius 2 is 1.91 bits per heavy atom. The third-order valence-corrected chi connectivity index (χ3v) is 3.22. The van der Waals surface area contributed by atoms with Gasteiger partial charge in [0.2, 0.25) is 0 Å². The Labute approximate surface area is 129 Å². The highest BCUT2D eigenvalue weighted by molar-refractivity contribution is 6.39. The van der Waals surface area contributed by atoms with Crippen LogP contribution in [0.25, 0.3) is 0 Å². The minimum Gasteiger partial charge on any atom is -0.388 e. The number of carbonyl (C=O) groups excluding carboxylic acids is 2. The summed E-state index contributed by atoms with van der Waals surface area (Å²) in [6.45, 7) is 5.64. The second kappa shape index (κ2) is 7.89. The summed E-state index contributed by atoms with van der Waals surface area (Å²) in [6.07, 6.45) is 1.32. The Hall–Kier alpha value is -1.95. The number of hydrogen-bond acceptors (Lipinski definition) is 3. The van der Waals surface area contributed by atoms with Gasteiger partial charge in [-0.1, -0.05) is 26.0 Å². The van der Waals surface area contributed by atoms with Crippen LogP contribution in [0.2, 0.25) is 0 Å². The molecule has 5 nitrogen and oxygen atoms in total. The second-order valence-corrected chi connectivity index (χ2v) is 6.05. The van der Waals surface area contributed by atoms with Gasteiger partial charge < -0.3 is 15.7 Å². The van der Waals surface area contributed by atoms with Crippen molar-refractivity contribution in [3.05, 3.63) is 30.1 Å². The van der Waals surface area contributed by atoms with Crippen LogP contribution >= 0.6 is 0 Å². The summed E-state index contributed by atoms with van der Waals surface area (Å²) in [5.74, 6) is -2.06. The average molecular weight is 310 g/mol. The summed E-state index contributed by atoms with van der Waals surface area (Å²) in [7, 11) is 0. The second-order valence-electron chi connectivity index (χ2n) is 6.05. The Morgan fingerprint density at radius 3 is 2.50 bits per heavy atom. The summed E-state index contributed by atoms with van der Waals surface area (Å²) in [5, 5.41) is 14.7. The van der Waals surface area contributed by atoms with E-state index in [1.54, 1.807) is 13.0 Å². The summed E-state index contributed by atoms with van der Waals surface area (Å²) < 4.78 is 13.4. The fourth-order valence-corrected chi connectivity index (χ4v) is 1.78. The number of halogens is 1. The van der Waals surface area contributed by atoms with Gasteiger partial charge >= 0.3 is 11.8 Å². The van der Waals surface area contributed by atoms with E-state index in [2.05, 4.69) is 10.6 Å². The first-order chi connectivity index (χ1) is 10.2. The van der Waals surface area contributed by atoms with Crippen LogP contribution in [0.1, 0.15) is 33.6 Å². The monoisotopic (exact) mass is 310 g/mol. The number of rotatable bonds is 6. The molecule has 0 unspecified atom stereocenters. The predicted octanol–water partition coefficient (Wildman–Crippen LogP) is 2.07. The van der Waals surface area contributed by atoms with E-state index in [-0.39, 0.29) is 12.2 Å². The Morgan fingerprint density at radius 1 is 1.27 bits per heavy atom. The van der Waals surface area contributed by atoms with Crippen LogP contribution in [0.5, 0.6) is 0 Å². The highest BCUT2D eigenvalue weighted by Gasteiger charge is 2.23. The van der Waals surface area contributed by atoms with Gasteiger partial charge in [-0.25, -0.2) is 4.39 Å². The number of para-hydroxylation sites is 1. The molecular weight excluding hydrogens is 287 g/mol. The van der Waals surface area contributed by atoms with Crippen LogP contribution < -0.4 is 10.6 Å². The summed E-state index contributed by atoms with van der Waals surface area (Å²) >= 11 is 0. The van der Waals surface area contributed by atoms with Gasteiger partial charge in [0.05, 0.1) is 11.3 Å². The van der Waals surface area contributed by atoms with E-state index >= 15 is 0 Å². The van der Waals surface area contributed by atoms with Crippen LogP contribution in [0.3, 0.4) is 0 Å². The fourth-order valence-electron chi connectivity index (χ4n) is 1.78. The molecule has 2 amide bonds. The zero-order valence-corrected chi connectivity index (χ0v) is 13.1. The maximum absolute atomic E-state index is 13.4. The molecule has 1 aromatic carbocycles. The molecule has 0 fully saturated rings. The quantitative estimate of drug-likeness (QED) is 0.704. The van der Waals surface area contributed by atoms with Crippen LogP contribution in [-0.4, -0.2) is 29.1 Å². The van der Waals surface area contributed by atoms with Crippen molar-refractivity contribution in [2.45, 2.75) is 39.2 Å². The van der Waals surface area contributed by atoms with Crippen molar-refractivity contribution in [1.82, 2.24) is 5.32 Å². The van der Waals surface area contributed by atoms with Gasteiger partial charge in [0.1, 0.15) is 5.82 Å². The van der Waals surface area contributed by atoms with Crippen LogP contribution in [0.15, 0.2) is 24.3 Å². The molecule has 0 spiro atoms. The molecule has 1 atom stereocenters. The first-order valence-electron chi connectivity index (χ1n) is 7.27. The van der Waals surface area contributed by atoms with Gasteiger partial charge in [-0.2, -0.15) is 0 Å². The lowest BCUT2D eigenvalue weighted by Gasteiger charge is -2.24. The standard InChI is InChI=1S/C16H23FN2O3/c1-11(2)8-9-16(3,22)10-18-14(20)15(21)19-13-7-5-4-6-12(13)17/h4-7,11,22H,8-10H2,1-3H3,(H,18,20)(H,19,21)/t16-/m0/s1.